The number of benzene rings is 2. The minimum absolute atomic E-state index is 0.752. The van der Waals surface area contributed by atoms with Crippen LogP contribution in [-0.2, 0) is 4.74 Å². The van der Waals surface area contributed by atoms with Gasteiger partial charge in [0.05, 0.1) is 34.5 Å². The SMILES string of the molecule is c1nc(Nc2ccc3scnc3c2)c2ccc(-c3ccc(N4CCOCC4)nc3)cc2n1. The predicted molar refractivity (Wildman–Crippen MR) is 129 cm³/mol. The molecule has 0 radical (unpaired) electrons. The zero-order valence-corrected chi connectivity index (χ0v) is 18.0. The molecule has 1 N–H and O–H groups in total. The Morgan fingerprint density at radius 3 is 2.62 bits per heavy atom. The van der Waals surface area contributed by atoms with Gasteiger partial charge in [-0.25, -0.2) is 19.9 Å². The van der Waals surface area contributed by atoms with E-state index in [1.165, 1.54) is 4.70 Å². The molecule has 6 rings (SSSR count). The van der Waals surface area contributed by atoms with E-state index in [1.807, 2.05) is 23.8 Å². The van der Waals surface area contributed by atoms with Gasteiger partial charge in [0, 0.05) is 35.9 Å². The molecule has 32 heavy (non-hydrogen) atoms. The van der Waals surface area contributed by atoms with Crippen LogP contribution in [0.25, 0.3) is 32.2 Å². The highest BCUT2D eigenvalue weighted by molar-refractivity contribution is 7.16. The second-order valence-corrected chi connectivity index (χ2v) is 8.50. The quantitative estimate of drug-likeness (QED) is 0.427. The molecule has 7 nitrogen and oxygen atoms in total. The van der Waals surface area contributed by atoms with Gasteiger partial charge in [0.25, 0.3) is 0 Å². The predicted octanol–water partition coefficient (Wildman–Crippen LogP) is 4.88. The van der Waals surface area contributed by atoms with Crippen LogP contribution < -0.4 is 10.2 Å². The normalized spacial score (nSPS) is 14.2. The number of nitrogens with zero attached hydrogens (tertiary/aromatic N) is 5. The topological polar surface area (TPSA) is 76.1 Å². The molecule has 5 aromatic rings. The molecule has 0 bridgehead atoms. The molecular weight excluding hydrogens is 420 g/mol. The van der Waals surface area contributed by atoms with Crippen LogP contribution in [0.4, 0.5) is 17.3 Å². The molecule has 1 aliphatic heterocycles. The maximum Gasteiger partial charge on any atom is 0.141 e. The third kappa shape index (κ3) is 3.63. The van der Waals surface area contributed by atoms with Crippen LogP contribution >= 0.6 is 11.3 Å². The molecule has 8 heteroatoms. The third-order valence-corrected chi connectivity index (χ3v) is 6.46. The molecule has 1 fully saturated rings. The molecule has 1 saturated heterocycles. The number of aromatic nitrogens is 4. The van der Waals surface area contributed by atoms with Crippen molar-refractivity contribution in [2.45, 2.75) is 0 Å². The molecule has 0 unspecified atom stereocenters. The van der Waals surface area contributed by atoms with E-state index >= 15 is 0 Å². The van der Waals surface area contributed by atoms with Crippen LogP contribution in [0.1, 0.15) is 0 Å². The lowest BCUT2D eigenvalue weighted by Gasteiger charge is -2.27. The highest BCUT2D eigenvalue weighted by atomic mass is 32.1. The summed E-state index contributed by atoms with van der Waals surface area (Å²) in [4.78, 5) is 20.3. The monoisotopic (exact) mass is 440 g/mol. The molecule has 0 amide bonds. The molecule has 0 spiro atoms. The van der Waals surface area contributed by atoms with Crippen molar-refractivity contribution in [1.82, 2.24) is 19.9 Å². The van der Waals surface area contributed by atoms with Crippen LogP contribution in [-0.4, -0.2) is 46.2 Å². The van der Waals surface area contributed by atoms with Crippen molar-refractivity contribution in [3.05, 3.63) is 66.6 Å². The number of fused-ring (bicyclic) bond motifs is 2. The lowest BCUT2D eigenvalue weighted by molar-refractivity contribution is 0.122. The fourth-order valence-electron chi connectivity index (χ4n) is 3.94. The lowest BCUT2D eigenvalue weighted by atomic mass is 10.1. The summed E-state index contributed by atoms with van der Waals surface area (Å²) in [5.74, 6) is 1.76. The van der Waals surface area contributed by atoms with E-state index in [0.29, 0.717) is 0 Å². The first-order valence-electron chi connectivity index (χ1n) is 10.5. The Bertz CT molecular complexity index is 1400. The molecule has 0 saturated carbocycles. The smallest absolute Gasteiger partial charge is 0.141 e. The van der Waals surface area contributed by atoms with Crippen LogP contribution in [0.2, 0.25) is 0 Å². The van der Waals surface area contributed by atoms with Gasteiger partial charge in [0.15, 0.2) is 0 Å². The van der Waals surface area contributed by atoms with Gasteiger partial charge in [0.1, 0.15) is 18.0 Å². The third-order valence-electron chi connectivity index (χ3n) is 5.65. The summed E-state index contributed by atoms with van der Waals surface area (Å²) in [5, 5.41) is 4.38. The number of anilines is 3. The van der Waals surface area contributed by atoms with Crippen molar-refractivity contribution in [3.63, 3.8) is 0 Å². The minimum atomic E-state index is 0.752. The van der Waals surface area contributed by atoms with E-state index in [4.69, 9.17) is 4.74 Å². The fraction of sp³-hybridized carbons (Fsp3) is 0.167. The Labute approximate surface area is 188 Å². The van der Waals surface area contributed by atoms with Gasteiger partial charge < -0.3 is 15.0 Å². The summed E-state index contributed by atoms with van der Waals surface area (Å²) >= 11 is 1.64. The Morgan fingerprint density at radius 1 is 0.844 bits per heavy atom. The van der Waals surface area contributed by atoms with Crippen LogP contribution in [0, 0.1) is 0 Å². The summed E-state index contributed by atoms with van der Waals surface area (Å²) in [7, 11) is 0. The fourth-order valence-corrected chi connectivity index (χ4v) is 4.60. The van der Waals surface area contributed by atoms with E-state index in [1.54, 1.807) is 17.7 Å². The Kier molecular flexibility index (Phi) is 4.86. The Hall–Kier alpha value is -3.62. The zero-order chi connectivity index (χ0) is 21.3. The van der Waals surface area contributed by atoms with Gasteiger partial charge in [-0.2, -0.15) is 0 Å². The van der Waals surface area contributed by atoms with Gasteiger partial charge in [0.2, 0.25) is 0 Å². The Morgan fingerprint density at radius 2 is 1.75 bits per heavy atom. The van der Waals surface area contributed by atoms with E-state index in [0.717, 1.165) is 71.2 Å². The standard InChI is InChI=1S/C24H20N6OS/c1-4-19-20(11-16(1)17-2-6-23(25-13-17)30-7-9-31-10-8-30)26-14-27-24(19)29-18-3-5-22-21(12-18)28-15-32-22/h1-6,11-15H,7-10H2,(H,26,27,29). The molecule has 0 aliphatic carbocycles. The van der Waals surface area contributed by atoms with Crippen LogP contribution in [0.15, 0.2) is 66.6 Å². The second kappa shape index (κ2) is 8.14. The number of rotatable bonds is 4. The first-order valence-corrected chi connectivity index (χ1v) is 11.4. The van der Waals surface area contributed by atoms with Gasteiger partial charge in [-0.3, -0.25) is 0 Å². The highest BCUT2D eigenvalue weighted by Gasteiger charge is 2.13. The molecule has 0 atom stereocenters. The van der Waals surface area contributed by atoms with Crippen molar-refractivity contribution >= 4 is 49.8 Å². The molecule has 1 aliphatic rings. The average molecular weight is 441 g/mol. The molecule has 2 aromatic carbocycles. The average Bonchev–Trinajstić information content (AvgIpc) is 3.33. The molecule has 3 aromatic heterocycles. The number of ether oxygens (including phenoxy) is 1. The molecule has 4 heterocycles. The molecule has 158 valence electrons. The van der Waals surface area contributed by atoms with Gasteiger partial charge in [-0.05, 0) is 48.0 Å². The van der Waals surface area contributed by atoms with Crippen LogP contribution in [0.5, 0.6) is 0 Å². The number of thiazole rings is 1. The van der Waals surface area contributed by atoms with Crippen molar-refractivity contribution < 1.29 is 4.74 Å². The van der Waals surface area contributed by atoms with Crippen molar-refractivity contribution in [3.8, 4) is 11.1 Å². The van der Waals surface area contributed by atoms with Gasteiger partial charge >= 0.3 is 0 Å². The number of hydrogen-bond donors (Lipinski definition) is 1. The summed E-state index contributed by atoms with van der Waals surface area (Å²) in [6, 6.07) is 16.6. The van der Waals surface area contributed by atoms with Gasteiger partial charge in [-0.1, -0.05) is 6.07 Å². The van der Waals surface area contributed by atoms with E-state index in [-0.39, 0.29) is 0 Å². The summed E-state index contributed by atoms with van der Waals surface area (Å²) < 4.78 is 6.60. The van der Waals surface area contributed by atoms with E-state index < -0.39 is 0 Å². The van der Waals surface area contributed by atoms with Crippen molar-refractivity contribution in [2.24, 2.45) is 0 Å². The summed E-state index contributed by atoms with van der Waals surface area (Å²) in [6.45, 7) is 3.26. The maximum atomic E-state index is 5.43. The number of morpholine rings is 1. The van der Waals surface area contributed by atoms with Crippen LogP contribution in [0.3, 0.4) is 0 Å². The first-order chi connectivity index (χ1) is 15.8. The number of nitrogens with one attached hydrogen (secondary N) is 1. The highest BCUT2D eigenvalue weighted by Crippen LogP contribution is 2.29. The Balaban J connectivity index is 1.28. The van der Waals surface area contributed by atoms with E-state index in [9.17, 15) is 0 Å². The van der Waals surface area contributed by atoms with Crippen molar-refractivity contribution in [1.29, 1.82) is 0 Å². The zero-order valence-electron chi connectivity index (χ0n) is 17.2. The maximum absolute atomic E-state index is 5.43. The largest absolute Gasteiger partial charge is 0.378 e. The number of pyridine rings is 1. The molecular formula is C24H20N6OS. The summed E-state index contributed by atoms with van der Waals surface area (Å²) in [5.41, 5.74) is 6.81. The lowest BCUT2D eigenvalue weighted by Crippen LogP contribution is -2.36. The first kappa shape index (κ1) is 19.1. The minimum Gasteiger partial charge on any atom is -0.378 e. The number of hydrogen-bond acceptors (Lipinski definition) is 8. The summed E-state index contributed by atoms with van der Waals surface area (Å²) in [6.07, 6.45) is 3.52. The van der Waals surface area contributed by atoms with Crippen molar-refractivity contribution in [2.75, 3.05) is 36.5 Å². The van der Waals surface area contributed by atoms with E-state index in [2.05, 4.69) is 66.6 Å². The second-order valence-electron chi connectivity index (χ2n) is 7.62. The van der Waals surface area contributed by atoms with Gasteiger partial charge in [-0.15, -0.1) is 11.3 Å².